The number of anilines is 1. The average Bonchev–Trinajstić information content (AvgIpc) is 3.24. The molecule has 0 aromatic heterocycles. The summed E-state index contributed by atoms with van der Waals surface area (Å²) in [4.78, 5) is 31.4. The first-order chi connectivity index (χ1) is 16.3. The zero-order valence-electron chi connectivity index (χ0n) is 21.1. The number of carbonyl (C=O) groups excluding carboxylic acids is 2. The van der Waals surface area contributed by atoms with Crippen molar-refractivity contribution in [1.82, 2.24) is 9.80 Å². The summed E-state index contributed by atoms with van der Waals surface area (Å²) in [5.74, 6) is 0. The highest BCUT2D eigenvalue weighted by Gasteiger charge is 2.29. The van der Waals surface area contributed by atoms with E-state index < -0.39 is 5.60 Å². The van der Waals surface area contributed by atoms with Gasteiger partial charge in [0.25, 0.3) is 0 Å². The molecule has 182 valence electrons. The van der Waals surface area contributed by atoms with Gasteiger partial charge in [-0.15, -0.1) is 0 Å². The minimum absolute atomic E-state index is 0.000137. The molecule has 0 spiro atoms. The van der Waals surface area contributed by atoms with Crippen LogP contribution in [0.5, 0.6) is 0 Å². The fraction of sp³-hybridized carbons (Fsp3) is 0.429. The highest BCUT2D eigenvalue weighted by atomic mass is 16.6. The summed E-state index contributed by atoms with van der Waals surface area (Å²) in [5.41, 5.74) is 3.61. The second kappa shape index (κ2) is 11.2. The van der Waals surface area contributed by atoms with Crippen LogP contribution in [0.15, 0.2) is 60.7 Å². The Kier molecular flexibility index (Phi) is 8.37. The van der Waals surface area contributed by atoms with Gasteiger partial charge < -0.3 is 9.64 Å². The van der Waals surface area contributed by atoms with Crippen LogP contribution < -0.4 is 4.90 Å². The summed E-state index contributed by atoms with van der Waals surface area (Å²) >= 11 is 0. The normalized spacial score (nSPS) is 16.7. The third kappa shape index (κ3) is 6.40. The standard InChI is InChI=1S/C26H31N3O3.C2H6/c1-26(2,3)32-25(31)28-18-21-12-13-23(16-22(21)19-28)29-15-9-5-8-14-27(24(29)30)17-20-10-6-4-7-11-20;1-2/h4-8,10-13,16H,9,14-15,17-19H2,1-3H3;1-2H3/b8-5-;. The van der Waals surface area contributed by atoms with Gasteiger partial charge in [-0.25, -0.2) is 9.59 Å². The molecule has 2 aliphatic rings. The molecule has 4 rings (SSSR count). The lowest BCUT2D eigenvalue weighted by atomic mass is 10.1. The summed E-state index contributed by atoms with van der Waals surface area (Å²) in [7, 11) is 0. The van der Waals surface area contributed by atoms with Crippen molar-refractivity contribution >= 4 is 17.8 Å². The second-order valence-electron chi connectivity index (χ2n) is 9.35. The van der Waals surface area contributed by atoms with Gasteiger partial charge in [0.15, 0.2) is 0 Å². The maximum Gasteiger partial charge on any atom is 0.410 e. The molecule has 0 aliphatic carbocycles. The van der Waals surface area contributed by atoms with E-state index in [1.165, 1.54) is 0 Å². The fourth-order valence-corrected chi connectivity index (χ4v) is 4.05. The zero-order valence-corrected chi connectivity index (χ0v) is 21.1. The van der Waals surface area contributed by atoms with Crippen LogP contribution in [-0.4, -0.2) is 40.6 Å². The topological polar surface area (TPSA) is 53.1 Å². The lowest BCUT2D eigenvalue weighted by molar-refractivity contribution is 0.0242. The van der Waals surface area contributed by atoms with Crippen LogP contribution in [0, 0.1) is 0 Å². The van der Waals surface area contributed by atoms with Gasteiger partial charge in [-0.05, 0) is 56.0 Å². The molecule has 6 nitrogen and oxygen atoms in total. The van der Waals surface area contributed by atoms with E-state index in [1.807, 2.05) is 92.9 Å². The first-order valence-electron chi connectivity index (χ1n) is 12.2. The minimum Gasteiger partial charge on any atom is -0.444 e. The van der Waals surface area contributed by atoms with Gasteiger partial charge in [0.05, 0.1) is 0 Å². The van der Waals surface area contributed by atoms with Crippen LogP contribution in [0.4, 0.5) is 15.3 Å². The number of urea groups is 1. The van der Waals surface area contributed by atoms with E-state index in [4.69, 9.17) is 4.74 Å². The molecule has 0 N–H and O–H groups in total. The van der Waals surface area contributed by atoms with Crippen LogP contribution in [0.1, 0.15) is 57.7 Å². The molecular formula is C28H37N3O3. The van der Waals surface area contributed by atoms with E-state index in [2.05, 4.69) is 12.2 Å². The summed E-state index contributed by atoms with van der Waals surface area (Å²) in [6.07, 6.45) is 4.71. The molecule has 0 saturated carbocycles. The number of ether oxygens (including phenoxy) is 1. The monoisotopic (exact) mass is 463 g/mol. The van der Waals surface area contributed by atoms with Crippen molar-refractivity contribution in [1.29, 1.82) is 0 Å². The van der Waals surface area contributed by atoms with E-state index in [0.717, 1.165) is 28.8 Å². The van der Waals surface area contributed by atoms with Crippen LogP contribution in [0.25, 0.3) is 0 Å². The molecule has 2 aromatic rings. The SMILES string of the molecule is CC.CC(C)(C)OC(=O)N1Cc2ccc(N3CC/C=C\CN(Cc4ccccc4)C3=O)cc2C1. The highest BCUT2D eigenvalue weighted by molar-refractivity contribution is 5.92. The fourth-order valence-electron chi connectivity index (χ4n) is 4.05. The molecule has 0 bridgehead atoms. The Balaban J connectivity index is 0.00000158. The minimum atomic E-state index is -0.524. The van der Waals surface area contributed by atoms with Gasteiger partial charge in [0.1, 0.15) is 5.60 Å². The summed E-state index contributed by atoms with van der Waals surface area (Å²) in [6.45, 7) is 12.4. The zero-order chi connectivity index (χ0) is 24.7. The van der Waals surface area contributed by atoms with Crippen molar-refractivity contribution in [3.63, 3.8) is 0 Å². The van der Waals surface area contributed by atoms with Crippen molar-refractivity contribution in [2.75, 3.05) is 18.0 Å². The largest absolute Gasteiger partial charge is 0.444 e. The number of carbonyl (C=O) groups is 2. The Hall–Kier alpha value is -3.28. The molecule has 3 amide bonds. The number of amides is 3. The van der Waals surface area contributed by atoms with Crippen LogP contribution in [-0.2, 0) is 24.4 Å². The maximum absolute atomic E-state index is 13.5. The predicted molar refractivity (Wildman–Crippen MR) is 137 cm³/mol. The number of fused-ring (bicyclic) bond motifs is 1. The Morgan fingerprint density at radius 2 is 1.68 bits per heavy atom. The summed E-state index contributed by atoms with van der Waals surface area (Å²) < 4.78 is 5.53. The molecule has 34 heavy (non-hydrogen) atoms. The van der Waals surface area contributed by atoms with Gasteiger partial charge in [0.2, 0.25) is 0 Å². The predicted octanol–water partition coefficient (Wildman–Crippen LogP) is 6.35. The van der Waals surface area contributed by atoms with E-state index >= 15 is 0 Å². The Labute approximate surface area is 203 Å². The van der Waals surface area contributed by atoms with Crippen molar-refractivity contribution < 1.29 is 14.3 Å². The first-order valence-corrected chi connectivity index (χ1v) is 12.2. The van der Waals surface area contributed by atoms with Crippen molar-refractivity contribution in [2.45, 2.75) is 66.3 Å². The molecule has 2 aliphatic heterocycles. The van der Waals surface area contributed by atoms with Gasteiger partial charge in [0, 0.05) is 38.4 Å². The Bertz CT molecular complexity index is 1010. The molecular weight excluding hydrogens is 426 g/mol. The second-order valence-corrected chi connectivity index (χ2v) is 9.35. The van der Waals surface area contributed by atoms with Gasteiger partial charge >= 0.3 is 12.1 Å². The smallest absolute Gasteiger partial charge is 0.410 e. The molecule has 0 unspecified atom stereocenters. The first kappa shape index (κ1) is 25.3. The van der Waals surface area contributed by atoms with Gasteiger partial charge in [-0.2, -0.15) is 0 Å². The number of rotatable bonds is 3. The molecule has 6 heteroatoms. The van der Waals surface area contributed by atoms with E-state index in [1.54, 1.807) is 4.90 Å². The van der Waals surface area contributed by atoms with Crippen molar-refractivity contribution in [2.24, 2.45) is 0 Å². The third-order valence-corrected chi connectivity index (χ3v) is 5.61. The number of benzene rings is 2. The summed E-state index contributed by atoms with van der Waals surface area (Å²) in [6, 6.07) is 16.1. The number of nitrogens with zero attached hydrogens (tertiary/aromatic N) is 3. The lowest BCUT2D eigenvalue weighted by Crippen LogP contribution is -2.44. The van der Waals surface area contributed by atoms with Crippen molar-refractivity contribution in [3.05, 3.63) is 77.4 Å². The Morgan fingerprint density at radius 3 is 2.38 bits per heavy atom. The molecule has 2 aromatic carbocycles. The van der Waals surface area contributed by atoms with Gasteiger partial charge in [-0.1, -0.05) is 62.4 Å². The molecule has 0 atom stereocenters. The quantitative estimate of drug-likeness (QED) is 0.498. The summed E-state index contributed by atoms with van der Waals surface area (Å²) in [5, 5.41) is 0. The van der Waals surface area contributed by atoms with Crippen LogP contribution >= 0.6 is 0 Å². The van der Waals surface area contributed by atoms with Gasteiger partial charge in [-0.3, -0.25) is 9.80 Å². The lowest BCUT2D eigenvalue weighted by Gasteiger charge is -2.31. The average molecular weight is 464 g/mol. The number of hydrogen-bond acceptors (Lipinski definition) is 3. The third-order valence-electron chi connectivity index (χ3n) is 5.61. The molecule has 0 fully saturated rings. The van der Waals surface area contributed by atoms with Crippen molar-refractivity contribution in [3.8, 4) is 0 Å². The van der Waals surface area contributed by atoms with E-state index in [9.17, 15) is 9.59 Å². The molecule has 0 saturated heterocycles. The van der Waals surface area contributed by atoms with Crippen LogP contribution in [0.2, 0.25) is 0 Å². The molecule has 0 radical (unpaired) electrons. The highest BCUT2D eigenvalue weighted by Crippen LogP contribution is 2.29. The maximum atomic E-state index is 13.5. The van der Waals surface area contributed by atoms with Crippen LogP contribution in [0.3, 0.4) is 0 Å². The van der Waals surface area contributed by atoms with E-state index in [0.29, 0.717) is 32.7 Å². The van der Waals surface area contributed by atoms with E-state index in [-0.39, 0.29) is 12.1 Å². The Morgan fingerprint density at radius 1 is 0.971 bits per heavy atom. The molecule has 2 heterocycles. The number of hydrogen-bond donors (Lipinski definition) is 0.